The number of nitrogens with one attached hydrogen (secondary N) is 1. The van der Waals surface area contributed by atoms with Crippen molar-refractivity contribution in [2.45, 2.75) is 6.04 Å². The van der Waals surface area contributed by atoms with Crippen LogP contribution in [0.1, 0.15) is 27.8 Å². The monoisotopic (exact) mass is 325 g/mol. The van der Waals surface area contributed by atoms with Gasteiger partial charge in [-0.05, 0) is 29.8 Å². The van der Waals surface area contributed by atoms with Crippen LogP contribution in [0.4, 0.5) is 0 Å². The molecular weight excluding hydrogens is 310 g/mol. The average molecular weight is 326 g/mol. The second kappa shape index (κ2) is 6.67. The number of aromatic nitrogens is 2. The van der Waals surface area contributed by atoms with E-state index in [9.17, 15) is 4.79 Å². The molecule has 2 aromatic carbocycles. The Hall–Kier alpha value is -2.59. The fourth-order valence-corrected chi connectivity index (χ4v) is 2.54. The fourth-order valence-electron chi connectivity index (χ4n) is 2.41. The van der Waals surface area contributed by atoms with Gasteiger partial charge in [0.25, 0.3) is 5.91 Å². The molecule has 0 aliphatic carbocycles. The lowest BCUT2D eigenvalue weighted by Crippen LogP contribution is -2.31. The summed E-state index contributed by atoms with van der Waals surface area (Å²) < 4.78 is 1.89. The zero-order valence-corrected chi connectivity index (χ0v) is 13.4. The number of carbonyl (C=O) groups excluding carboxylic acids is 1. The van der Waals surface area contributed by atoms with Crippen LogP contribution < -0.4 is 5.32 Å². The first-order chi connectivity index (χ1) is 11.1. The highest BCUT2D eigenvalue weighted by atomic mass is 35.5. The molecule has 0 aliphatic heterocycles. The van der Waals surface area contributed by atoms with Gasteiger partial charge in [-0.3, -0.25) is 4.79 Å². The molecule has 1 amide bonds. The predicted octanol–water partition coefficient (Wildman–Crippen LogP) is 3.59. The topological polar surface area (TPSA) is 46.9 Å². The lowest BCUT2D eigenvalue weighted by molar-refractivity contribution is 0.0941. The molecule has 3 rings (SSSR count). The normalized spacial score (nSPS) is 11.9. The number of rotatable bonds is 4. The Morgan fingerprint density at radius 3 is 2.43 bits per heavy atom. The summed E-state index contributed by atoms with van der Waals surface area (Å²) in [4.78, 5) is 16.9. The minimum atomic E-state index is -0.347. The molecule has 0 unspecified atom stereocenters. The van der Waals surface area contributed by atoms with E-state index in [0.717, 1.165) is 11.4 Å². The molecule has 1 atom stereocenters. The van der Waals surface area contributed by atoms with Crippen LogP contribution >= 0.6 is 11.6 Å². The Morgan fingerprint density at radius 2 is 1.83 bits per heavy atom. The van der Waals surface area contributed by atoms with Crippen LogP contribution in [0.3, 0.4) is 0 Å². The molecule has 116 valence electrons. The summed E-state index contributed by atoms with van der Waals surface area (Å²) in [5.41, 5.74) is 1.54. The molecule has 0 radical (unpaired) electrons. The third-order valence-electron chi connectivity index (χ3n) is 3.63. The first-order valence-electron chi connectivity index (χ1n) is 7.24. The minimum Gasteiger partial charge on any atom is -0.338 e. The molecule has 0 fully saturated rings. The lowest BCUT2D eigenvalue weighted by Gasteiger charge is -2.19. The molecule has 1 heterocycles. The number of hydrogen-bond acceptors (Lipinski definition) is 2. The van der Waals surface area contributed by atoms with Crippen molar-refractivity contribution in [1.29, 1.82) is 0 Å². The molecule has 4 nitrogen and oxygen atoms in total. The van der Waals surface area contributed by atoms with Gasteiger partial charge >= 0.3 is 0 Å². The van der Waals surface area contributed by atoms with Gasteiger partial charge in [0.1, 0.15) is 11.9 Å². The molecule has 23 heavy (non-hydrogen) atoms. The van der Waals surface area contributed by atoms with E-state index < -0.39 is 0 Å². The highest BCUT2D eigenvalue weighted by molar-refractivity contribution is 6.30. The van der Waals surface area contributed by atoms with Crippen LogP contribution in [0.5, 0.6) is 0 Å². The summed E-state index contributed by atoms with van der Waals surface area (Å²) >= 11 is 5.97. The standard InChI is InChI=1S/C18H16ClN3O/c1-22-12-11-20-17(22)16(13-7-9-15(19)10-8-13)21-18(23)14-5-3-2-4-6-14/h2-12,16H,1H3,(H,21,23)/t16-/m0/s1. The van der Waals surface area contributed by atoms with Crippen molar-refractivity contribution in [3.8, 4) is 0 Å². The van der Waals surface area contributed by atoms with Gasteiger partial charge < -0.3 is 9.88 Å². The van der Waals surface area contributed by atoms with Gasteiger partial charge in [0.2, 0.25) is 0 Å². The summed E-state index contributed by atoms with van der Waals surface area (Å²) in [5.74, 6) is 0.616. The van der Waals surface area contributed by atoms with Crippen molar-refractivity contribution in [3.05, 3.63) is 89.0 Å². The van der Waals surface area contributed by atoms with E-state index in [-0.39, 0.29) is 11.9 Å². The highest BCUT2D eigenvalue weighted by Crippen LogP contribution is 2.22. The Labute approximate surface area is 139 Å². The van der Waals surface area contributed by atoms with Crippen molar-refractivity contribution in [1.82, 2.24) is 14.9 Å². The molecule has 0 spiro atoms. The first-order valence-corrected chi connectivity index (χ1v) is 7.61. The summed E-state index contributed by atoms with van der Waals surface area (Å²) in [5, 5.41) is 3.70. The maximum absolute atomic E-state index is 12.5. The molecule has 0 saturated heterocycles. The zero-order chi connectivity index (χ0) is 16.2. The molecule has 5 heteroatoms. The third kappa shape index (κ3) is 3.43. The molecule has 3 aromatic rings. The van der Waals surface area contributed by atoms with E-state index in [4.69, 9.17) is 11.6 Å². The van der Waals surface area contributed by atoms with Crippen molar-refractivity contribution in [2.75, 3.05) is 0 Å². The fraction of sp³-hybridized carbons (Fsp3) is 0.111. The molecule has 0 bridgehead atoms. The van der Waals surface area contributed by atoms with E-state index in [1.807, 2.05) is 60.3 Å². The number of benzene rings is 2. The second-order valence-electron chi connectivity index (χ2n) is 5.22. The van der Waals surface area contributed by atoms with Crippen LogP contribution in [0.15, 0.2) is 67.0 Å². The van der Waals surface area contributed by atoms with E-state index in [1.54, 1.807) is 18.3 Å². The van der Waals surface area contributed by atoms with Gasteiger partial charge in [-0.1, -0.05) is 41.9 Å². The second-order valence-corrected chi connectivity index (χ2v) is 5.66. The Bertz CT molecular complexity index is 797. The third-order valence-corrected chi connectivity index (χ3v) is 3.88. The predicted molar refractivity (Wildman–Crippen MR) is 90.4 cm³/mol. The van der Waals surface area contributed by atoms with E-state index >= 15 is 0 Å². The molecule has 0 aliphatic rings. The van der Waals surface area contributed by atoms with Gasteiger partial charge in [0.15, 0.2) is 0 Å². The summed E-state index contributed by atoms with van der Waals surface area (Å²) in [6.45, 7) is 0. The van der Waals surface area contributed by atoms with E-state index in [1.165, 1.54) is 0 Å². The highest BCUT2D eigenvalue weighted by Gasteiger charge is 2.21. The Kier molecular flexibility index (Phi) is 4.44. The van der Waals surface area contributed by atoms with Crippen LogP contribution in [0, 0.1) is 0 Å². The van der Waals surface area contributed by atoms with Crippen molar-refractivity contribution in [3.63, 3.8) is 0 Å². The van der Waals surface area contributed by atoms with Crippen LogP contribution in [0.25, 0.3) is 0 Å². The summed E-state index contributed by atoms with van der Waals surface area (Å²) in [6, 6.07) is 16.2. The van der Waals surface area contributed by atoms with Crippen LogP contribution in [-0.4, -0.2) is 15.5 Å². The Balaban J connectivity index is 1.94. The van der Waals surface area contributed by atoms with Gasteiger partial charge in [0.05, 0.1) is 0 Å². The Morgan fingerprint density at radius 1 is 1.13 bits per heavy atom. The van der Waals surface area contributed by atoms with Crippen LogP contribution in [0.2, 0.25) is 5.02 Å². The summed E-state index contributed by atoms with van der Waals surface area (Å²) in [7, 11) is 1.90. The maximum Gasteiger partial charge on any atom is 0.252 e. The average Bonchev–Trinajstić information content (AvgIpc) is 3.00. The smallest absolute Gasteiger partial charge is 0.252 e. The number of carbonyl (C=O) groups is 1. The van der Waals surface area contributed by atoms with Crippen molar-refractivity contribution >= 4 is 17.5 Å². The molecule has 1 aromatic heterocycles. The SMILES string of the molecule is Cn1ccnc1[C@@H](NC(=O)c1ccccc1)c1ccc(Cl)cc1. The quantitative estimate of drug-likeness (QED) is 0.796. The molecule has 0 saturated carbocycles. The van der Waals surface area contributed by atoms with E-state index in [0.29, 0.717) is 10.6 Å². The number of aryl methyl sites for hydroxylation is 1. The zero-order valence-electron chi connectivity index (χ0n) is 12.6. The number of hydrogen-bond donors (Lipinski definition) is 1. The first kappa shape index (κ1) is 15.3. The maximum atomic E-state index is 12.5. The van der Waals surface area contributed by atoms with E-state index in [2.05, 4.69) is 10.3 Å². The summed E-state index contributed by atoms with van der Waals surface area (Å²) in [6.07, 6.45) is 3.57. The number of amides is 1. The molecular formula is C18H16ClN3O. The lowest BCUT2D eigenvalue weighted by atomic mass is 10.1. The van der Waals surface area contributed by atoms with Crippen molar-refractivity contribution in [2.24, 2.45) is 7.05 Å². The molecule has 1 N–H and O–H groups in total. The van der Waals surface area contributed by atoms with Crippen molar-refractivity contribution < 1.29 is 4.79 Å². The minimum absolute atomic E-state index is 0.145. The van der Waals surface area contributed by atoms with Gasteiger partial charge in [-0.2, -0.15) is 0 Å². The number of imidazole rings is 1. The van der Waals surface area contributed by atoms with Gasteiger partial charge in [-0.25, -0.2) is 4.98 Å². The largest absolute Gasteiger partial charge is 0.338 e. The van der Waals surface area contributed by atoms with Gasteiger partial charge in [-0.15, -0.1) is 0 Å². The number of nitrogens with zero attached hydrogens (tertiary/aromatic N) is 2. The van der Waals surface area contributed by atoms with Crippen LogP contribution in [-0.2, 0) is 7.05 Å². The van der Waals surface area contributed by atoms with Gasteiger partial charge in [0, 0.05) is 30.0 Å². The number of halogens is 1.